The van der Waals surface area contributed by atoms with Gasteiger partial charge in [0.2, 0.25) is 11.7 Å². The Hall–Kier alpha value is -3.11. The summed E-state index contributed by atoms with van der Waals surface area (Å²) < 4.78 is 40.3. The Labute approximate surface area is 151 Å². The number of halogens is 3. The average molecular weight is 383 g/mol. The van der Waals surface area contributed by atoms with Crippen LogP contribution in [0.3, 0.4) is 0 Å². The molecule has 1 saturated heterocycles. The highest BCUT2D eigenvalue weighted by atomic mass is 19.4. The van der Waals surface area contributed by atoms with E-state index in [1.54, 1.807) is 6.07 Å². The third-order valence-corrected chi connectivity index (χ3v) is 4.06. The number of likely N-dealkylation sites (tertiary alicyclic amines) is 1. The van der Waals surface area contributed by atoms with Crippen molar-refractivity contribution in [3.8, 4) is 0 Å². The van der Waals surface area contributed by atoms with Gasteiger partial charge in [0.15, 0.2) is 0 Å². The third-order valence-electron chi connectivity index (χ3n) is 4.06. The van der Waals surface area contributed by atoms with E-state index in [0.29, 0.717) is 19.4 Å². The molecule has 1 aliphatic rings. The van der Waals surface area contributed by atoms with Crippen LogP contribution in [0.15, 0.2) is 24.3 Å². The average Bonchev–Trinajstić information content (AvgIpc) is 3.17. The number of hydrazine groups is 1. The number of amides is 3. The number of aromatic nitrogens is 2. The van der Waals surface area contributed by atoms with Crippen LogP contribution in [0.4, 0.5) is 13.2 Å². The molecule has 1 aromatic heterocycles. The third kappa shape index (κ3) is 4.18. The van der Waals surface area contributed by atoms with Gasteiger partial charge in [-0.3, -0.25) is 25.2 Å². The molecule has 27 heavy (non-hydrogen) atoms. The van der Waals surface area contributed by atoms with Crippen LogP contribution < -0.4 is 10.9 Å². The van der Waals surface area contributed by atoms with Crippen LogP contribution >= 0.6 is 0 Å². The van der Waals surface area contributed by atoms with Gasteiger partial charge in [0, 0.05) is 13.0 Å². The van der Waals surface area contributed by atoms with Crippen LogP contribution in [0.1, 0.15) is 18.7 Å². The molecule has 0 bridgehead atoms. The lowest BCUT2D eigenvalue weighted by Gasteiger charge is -2.16. The molecule has 0 aliphatic carbocycles. The van der Waals surface area contributed by atoms with E-state index in [-0.39, 0.29) is 23.5 Å². The number of rotatable bonds is 4. The van der Waals surface area contributed by atoms with Crippen molar-refractivity contribution in [3.05, 3.63) is 30.1 Å². The predicted molar refractivity (Wildman–Crippen MR) is 86.8 cm³/mol. The number of hydrogen-bond donors (Lipinski definition) is 2. The zero-order chi connectivity index (χ0) is 19.6. The molecule has 8 nitrogen and oxygen atoms in total. The van der Waals surface area contributed by atoms with Crippen molar-refractivity contribution in [1.82, 2.24) is 25.3 Å². The van der Waals surface area contributed by atoms with Gasteiger partial charge in [-0.2, -0.15) is 13.2 Å². The standard InChI is InChI=1S/C16H16F3N5O3/c17-16(18,19)15-20-10-4-1-2-5-11(10)24(15)9-13(26)22-21-12(25)8-23-7-3-6-14(23)27/h1-2,4-5H,3,6-9H2,(H,21,25)(H,22,26). The number of carbonyl (C=O) groups excluding carboxylic acids is 3. The first-order valence-corrected chi connectivity index (χ1v) is 8.13. The SMILES string of the molecule is O=C(CN1CCCC1=O)NNC(=O)Cn1c(C(F)(F)F)nc2ccccc21. The fourth-order valence-corrected chi connectivity index (χ4v) is 2.86. The maximum Gasteiger partial charge on any atom is 0.449 e. The number of fused-ring (bicyclic) bond motifs is 1. The molecule has 2 N–H and O–H groups in total. The van der Waals surface area contributed by atoms with Gasteiger partial charge < -0.3 is 9.47 Å². The molecule has 3 rings (SSSR count). The van der Waals surface area contributed by atoms with E-state index < -0.39 is 30.4 Å². The van der Waals surface area contributed by atoms with Gasteiger partial charge in [-0.05, 0) is 18.6 Å². The van der Waals surface area contributed by atoms with Crippen LogP contribution in [0.25, 0.3) is 11.0 Å². The van der Waals surface area contributed by atoms with E-state index in [1.807, 2.05) is 0 Å². The van der Waals surface area contributed by atoms with E-state index in [2.05, 4.69) is 15.8 Å². The van der Waals surface area contributed by atoms with Crippen LogP contribution in [-0.2, 0) is 27.1 Å². The molecular formula is C16H16F3N5O3. The molecule has 2 aromatic rings. The zero-order valence-corrected chi connectivity index (χ0v) is 14.0. The Kier molecular flexibility index (Phi) is 5.02. The number of imidazole rings is 1. The first-order chi connectivity index (χ1) is 12.8. The van der Waals surface area contributed by atoms with Crippen molar-refractivity contribution in [3.63, 3.8) is 0 Å². The molecule has 1 aromatic carbocycles. The van der Waals surface area contributed by atoms with Gasteiger partial charge in [-0.1, -0.05) is 12.1 Å². The van der Waals surface area contributed by atoms with E-state index in [9.17, 15) is 27.6 Å². The molecule has 11 heteroatoms. The summed E-state index contributed by atoms with van der Waals surface area (Å²) in [4.78, 5) is 40.1. The van der Waals surface area contributed by atoms with Gasteiger partial charge in [0.1, 0.15) is 13.1 Å². The summed E-state index contributed by atoms with van der Waals surface area (Å²) in [5, 5.41) is 0. The van der Waals surface area contributed by atoms with Crippen molar-refractivity contribution >= 4 is 28.8 Å². The van der Waals surface area contributed by atoms with Gasteiger partial charge in [-0.15, -0.1) is 0 Å². The molecule has 0 saturated carbocycles. The Morgan fingerprint density at radius 1 is 1.11 bits per heavy atom. The van der Waals surface area contributed by atoms with Gasteiger partial charge >= 0.3 is 6.18 Å². The van der Waals surface area contributed by atoms with Gasteiger partial charge in [-0.25, -0.2) is 4.98 Å². The summed E-state index contributed by atoms with van der Waals surface area (Å²) in [6, 6.07) is 5.91. The summed E-state index contributed by atoms with van der Waals surface area (Å²) >= 11 is 0. The minimum atomic E-state index is -4.74. The van der Waals surface area contributed by atoms with Crippen LogP contribution in [0.2, 0.25) is 0 Å². The molecule has 144 valence electrons. The van der Waals surface area contributed by atoms with Crippen molar-refractivity contribution in [2.45, 2.75) is 25.6 Å². The smallest absolute Gasteiger partial charge is 0.333 e. The molecule has 0 spiro atoms. The number of nitrogens with one attached hydrogen (secondary N) is 2. The maximum atomic E-state index is 13.2. The zero-order valence-electron chi connectivity index (χ0n) is 14.0. The van der Waals surface area contributed by atoms with E-state index in [0.717, 1.165) is 4.57 Å². The van der Waals surface area contributed by atoms with Crippen molar-refractivity contribution in [2.75, 3.05) is 13.1 Å². The van der Waals surface area contributed by atoms with Crippen LogP contribution in [-0.4, -0.2) is 45.3 Å². The lowest BCUT2D eigenvalue weighted by Crippen LogP contribution is -2.47. The second-order valence-electron chi connectivity index (χ2n) is 6.02. The number of nitrogens with zero attached hydrogens (tertiary/aromatic N) is 3. The molecule has 1 aliphatic heterocycles. The second kappa shape index (κ2) is 7.25. The second-order valence-corrected chi connectivity index (χ2v) is 6.02. The minimum absolute atomic E-state index is 0.106. The van der Waals surface area contributed by atoms with Crippen LogP contribution in [0, 0.1) is 0 Å². The first kappa shape index (κ1) is 18.7. The highest BCUT2D eigenvalue weighted by molar-refractivity contribution is 5.87. The summed E-state index contributed by atoms with van der Waals surface area (Å²) in [7, 11) is 0. The topological polar surface area (TPSA) is 96.3 Å². The van der Waals surface area contributed by atoms with E-state index in [4.69, 9.17) is 0 Å². The van der Waals surface area contributed by atoms with Gasteiger partial charge in [0.25, 0.3) is 11.8 Å². The number of alkyl halides is 3. The Bertz CT molecular complexity index is 893. The normalized spacial score (nSPS) is 14.6. The lowest BCUT2D eigenvalue weighted by atomic mass is 10.3. The summed E-state index contributed by atoms with van der Waals surface area (Å²) in [6.07, 6.45) is -3.71. The minimum Gasteiger partial charge on any atom is -0.333 e. The molecule has 0 radical (unpaired) electrons. The summed E-state index contributed by atoms with van der Waals surface area (Å²) in [6.45, 7) is -0.449. The number of hydrogen-bond acceptors (Lipinski definition) is 4. The molecule has 0 atom stereocenters. The fourth-order valence-electron chi connectivity index (χ4n) is 2.86. The molecule has 3 amide bonds. The first-order valence-electron chi connectivity index (χ1n) is 8.13. The van der Waals surface area contributed by atoms with Crippen molar-refractivity contribution in [1.29, 1.82) is 0 Å². The van der Waals surface area contributed by atoms with Gasteiger partial charge in [0.05, 0.1) is 11.0 Å². The highest BCUT2D eigenvalue weighted by Crippen LogP contribution is 2.31. The lowest BCUT2D eigenvalue weighted by molar-refractivity contribution is -0.147. The van der Waals surface area contributed by atoms with E-state index >= 15 is 0 Å². The van der Waals surface area contributed by atoms with Crippen LogP contribution in [0.5, 0.6) is 0 Å². The summed E-state index contributed by atoms with van der Waals surface area (Å²) in [5.74, 6) is -2.85. The maximum absolute atomic E-state index is 13.2. The summed E-state index contributed by atoms with van der Waals surface area (Å²) in [5.41, 5.74) is 4.41. The monoisotopic (exact) mass is 383 g/mol. The fraction of sp³-hybridized carbons (Fsp3) is 0.375. The van der Waals surface area contributed by atoms with E-state index in [1.165, 1.54) is 23.1 Å². The predicted octanol–water partition coefficient (Wildman–Crippen LogP) is 0.825. The Morgan fingerprint density at radius 3 is 2.41 bits per heavy atom. The number of para-hydroxylation sites is 2. The highest BCUT2D eigenvalue weighted by Gasteiger charge is 2.38. The quantitative estimate of drug-likeness (QED) is 0.765. The Morgan fingerprint density at radius 2 is 1.78 bits per heavy atom. The molecule has 2 heterocycles. The number of benzene rings is 1. The molecule has 1 fully saturated rings. The molecular weight excluding hydrogens is 367 g/mol. The van der Waals surface area contributed by atoms with Crippen molar-refractivity contribution < 1.29 is 27.6 Å². The largest absolute Gasteiger partial charge is 0.449 e. The van der Waals surface area contributed by atoms with Crippen molar-refractivity contribution in [2.24, 2.45) is 0 Å². The molecule has 0 unspecified atom stereocenters. The number of carbonyl (C=O) groups is 3. The Balaban J connectivity index is 1.65.